The van der Waals surface area contributed by atoms with Gasteiger partial charge in [0, 0.05) is 17.4 Å². The molecule has 0 saturated heterocycles. The quantitative estimate of drug-likeness (QED) is 0.349. The standard InChI is InChI=1S/C11H12BrN3O3S/c12-9-3-5-11(6-4-9)19(17,18)15-7-1-2-10(16)8-14-13/h3-6,8,15H,1-2,7H2. The molecule has 1 aromatic rings. The van der Waals surface area contributed by atoms with Crippen LogP contribution in [0.25, 0.3) is 5.53 Å². The van der Waals surface area contributed by atoms with E-state index in [1.807, 2.05) is 0 Å². The molecular weight excluding hydrogens is 334 g/mol. The first-order chi connectivity index (χ1) is 8.95. The van der Waals surface area contributed by atoms with Gasteiger partial charge in [0.15, 0.2) is 0 Å². The van der Waals surface area contributed by atoms with Crippen LogP contribution in [0, 0.1) is 0 Å². The van der Waals surface area contributed by atoms with Gasteiger partial charge in [-0.15, -0.1) is 0 Å². The SMILES string of the molecule is [N-]=[N+]=CC(=O)CCCNS(=O)(=O)c1ccc(Br)cc1. The zero-order valence-corrected chi connectivity index (χ0v) is 12.3. The lowest BCUT2D eigenvalue weighted by atomic mass is 10.2. The molecular formula is C11H12BrN3O3S. The first-order valence-corrected chi connectivity index (χ1v) is 7.69. The van der Waals surface area contributed by atoms with Crippen LogP contribution in [-0.2, 0) is 14.8 Å². The van der Waals surface area contributed by atoms with E-state index in [0.717, 1.165) is 10.7 Å². The summed E-state index contributed by atoms with van der Waals surface area (Å²) in [6.07, 6.45) is 1.25. The van der Waals surface area contributed by atoms with Crippen LogP contribution >= 0.6 is 15.9 Å². The normalized spacial score (nSPS) is 10.8. The monoisotopic (exact) mass is 345 g/mol. The number of hydrogen-bond donors (Lipinski definition) is 1. The van der Waals surface area contributed by atoms with Gasteiger partial charge in [-0.2, -0.15) is 4.79 Å². The summed E-state index contributed by atoms with van der Waals surface area (Å²) in [4.78, 5) is 13.8. The maximum absolute atomic E-state index is 11.8. The molecule has 19 heavy (non-hydrogen) atoms. The van der Waals surface area contributed by atoms with Crippen LogP contribution in [0.5, 0.6) is 0 Å². The van der Waals surface area contributed by atoms with Gasteiger partial charge in [0.05, 0.1) is 4.90 Å². The largest absolute Gasteiger partial charge is 0.361 e. The van der Waals surface area contributed by atoms with Gasteiger partial charge < -0.3 is 5.53 Å². The molecule has 0 unspecified atom stereocenters. The van der Waals surface area contributed by atoms with E-state index in [-0.39, 0.29) is 23.6 Å². The smallest absolute Gasteiger partial charge is 0.323 e. The highest BCUT2D eigenvalue weighted by molar-refractivity contribution is 9.10. The topological polar surface area (TPSA) is 99.6 Å². The molecule has 0 aliphatic heterocycles. The summed E-state index contributed by atoms with van der Waals surface area (Å²) in [6.45, 7) is 0.142. The first kappa shape index (κ1) is 15.7. The molecule has 0 amide bonds. The van der Waals surface area contributed by atoms with Gasteiger partial charge in [-0.1, -0.05) is 15.9 Å². The fraction of sp³-hybridized carbons (Fsp3) is 0.273. The minimum atomic E-state index is -3.55. The fourth-order valence-electron chi connectivity index (χ4n) is 1.30. The second-order valence-corrected chi connectivity index (χ2v) is 6.35. The van der Waals surface area contributed by atoms with Gasteiger partial charge in [-0.3, -0.25) is 4.79 Å². The van der Waals surface area contributed by atoms with Crippen LogP contribution in [0.15, 0.2) is 33.6 Å². The first-order valence-electron chi connectivity index (χ1n) is 5.41. The van der Waals surface area contributed by atoms with Crippen molar-refractivity contribution in [3.8, 4) is 0 Å². The third-order valence-corrected chi connectivity index (χ3v) is 4.22. The van der Waals surface area contributed by atoms with Gasteiger partial charge in [0.25, 0.3) is 0 Å². The second-order valence-electron chi connectivity index (χ2n) is 3.67. The molecule has 8 heteroatoms. The van der Waals surface area contributed by atoms with E-state index in [1.165, 1.54) is 12.1 Å². The molecule has 0 fully saturated rings. The number of ketones is 1. The zero-order valence-electron chi connectivity index (χ0n) is 9.91. The molecule has 0 heterocycles. The Morgan fingerprint density at radius 3 is 2.58 bits per heavy atom. The molecule has 6 nitrogen and oxygen atoms in total. The highest BCUT2D eigenvalue weighted by atomic mass is 79.9. The van der Waals surface area contributed by atoms with E-state index < -0.39 is 10.0 Å². The number of rotatable bonds is 7. The predicted octanol–water partition coefficient (Wildman–Crippen LogP) is 1.38. The van der Waals surface area contributed by atoms with E-state index in [4.69, 9.17) is 5.53 Å². The Hall–Kier alpha value is -1.34. The van der Waals surface area contributed by atoms with Crippen molar-refractivity contribution in [2.75, 3.05) is 6.54 Å². The maximum atomic E-state index is 11.8. The number of halogens is 1. The lowest BCUT2D eigenvalue weighted by Crippen LogP contribution is -2.25. The molecule has 0 aliphatic rings. The number of hydrogen-bond acceptors (Lipinski definition) is 3. The third kappa shape index (κ3) is 5.44. The van der Waals surface area contributed by atoms with Gasteiger partial charge in [-0.25, -0.2) is 13.1 Å². The number of benzene rings is 1. The van der Waals surface area contributed by atoms with Crippen LogP contribution in [0.3, 0.4) is 0 Å². The van der Waals surface area contributed by atoms with Crippen LogP contribution in [0.4, 0.5) is 0 Å². The molecule has 1 rings (SSSR count). The number of carbonyl (C=O) groups is 1. The number of nitrogens with one attached hydrogen (secondary N) is 1. The molecule has 102 valence electrons. The summed E-state index contributed by atoms with van der Waals surface area (Å²) in [7, 11) is -3.55. The van der Waals surface area contributed by atoms with Gasteiger partial charge >= 0.3 is 6.21 Å². The average molecular weight is 346 g/mol. The summed E-state index contributed by atoms with van der Waals surface area (Å²) < 4.78 is 26.9. The minimum Gasteiger partial charge on any atom is -0.361 e. The molecule has 0 radical (unpaired) electrons. The van der Waals surface area contributed by atoms with Crippen LogP contribution in [0.1, 0.15) is 12.8 Å². The van der Waals surface area contributed by atoms with E-state index in [2.05, 4.69) is 25.4 Å². The molecule has 0 saturated carbocycles. The third-order valence-electron chi connectivity index (χ3n) is 2.22. The predicted molar refractivity (Wildman–Crippen MR) is 73.3 cm³/mol. The fourth-order valence-corrected chi connectivity index (χ4v) is 2.63. The Bertz CT molecular complexity index is 592. The summed E-state index contributed by atoms with van der Waals surface area (Å²) in [6, 6.07) is 6.23. The minimum absolute atomic E-state index is 0.118. The number of sulfonamides is 1. The van der Waals surface area contributed by atoms with Crippen molar-refractivity contribution in [3.63, 3.8) is 0 Å². The molecule has 1 N–H and O–H groups in total. The van der Waals surface area contributed by atoms with Crippen molar-refractivity contribution in [1.82, 2.24) is 4.72 Å². The molecule has 0 spiro atoms. The highest BCUT2D eigenvalue weighted by Gasteiger charge is 2.13. The Morgan fingerprint density at radius 2 is 2.00 bits per heavy atom. The van der Waals surface area contributed by atoms with E-state index >= 15 is 0 Å². The summed E-state index contributed by atoms with van der Waals surface area (Å²) >= 11 is 3.22. The molecule has 1 aromatic carbocycles. The Kier molecular flexibility index (Phi) is 6.04. The molecule has 0 atom stereocenters. The summed E-state index contributed by atoms with van der Waals surface area (Å²) in [5.41, 5.74) is 8.13. The van der Waals surface area contributed by atoms with Crippen molar-refractivity contribution in [2.45, 2.75) is 17.7 Å². The average Bonchev–Trinajstić information content (AvgIpc) is 2.36. The lowest BCUT2D eigenvalue weighted by molar-refractivity contribution is -0.116. The van der Waals surface area contributed by atoms with Gasteiger partial charge in [0.1, 0.15) is 0 Å². The van der Waals surface area contributed by atoms with Crippen molar-refractivity contribution in [3.05, 3.63) is 34.3 Å². The van der Waals surface area contributed by atoms with Crippen molar-refractivity contribution >= 4 is 38.0 Å². The molecule has 0 aromatic heterocycles. The van der Waals surface area contributed by atoms with Gasteiger partial charge in [0.2, 0.25) is 15.8 Å². The Labute approximate surface area is 119 Å². The second kappa shape index (κ2) is 7.30. The van der Waals surface area contributed by atoms with E-state index in [0.29, 0.717) is 6.42 Å². The van der Waals surface area contributed by atoms with Gasteiger partial charge in [-0.05, 0) is 30.7 Å². The van der Waals surface area contributed by atoms with Crippen LogP contribution < -0.4 is 4.72 Å². The zero-order chi connectivity index (χ0) is 14.3. The number of nitrogens with zero attached hydrogens (tertiary/aromatic N) is 2. The van der Waals surface area contributed by atoms with Crippen molar-refractivity contribution < 1.29 is 18.0 Å². The van der Waals surface area contributed by atoms with Crippen LogP contribution in [0.2, 0.25) is 0 Å². The highest BCUT2D eigenvalue weighted by Crippen LogP contribution is 2.14. The molecule has 0 aliphatic carbocycles. The van der Waals surface area contributed by atoms with Crippen LogP contribution in [-0.4, -0.2) is 31.8 Å². The van der Waals surface area contributed by atoms with E-state index in [9.17, 15) is 13.2 Å². The maximum Gasteiger partial charge on any atom is 0.323 e. The number of Topliss-reactive ketones (excluding diaryl/α,β-unsaturated/α-hetero) is 1. The lowest BCUT2D eigenvalue weighted by Gasteiger charge is -2.05. The van der Waals surface area contributed by atoms with Crippen molar-refractivity contribution in [2.24, 2.45) is 0 Å². The van der Waals surface area contributed by atoms with Crippen molar-refractivity contribution in [1.29, 1.82) is 0 Å². The summed E-state index contributed by atoms with van der Waals surface area (Å²) in [5.74, 6) is -0.356. The van der Waals surface area contributed by atoms with E-state index in [1.54, 1.807) is 12.1 Å². The Balaban J connectivity index is 2.50. The summed E-state index contributed by atoms with van der Waals surface area (Å²) in [5, 5.41) is 0. The molecule has 0 bridgehead atoms. The number of carbonyl (C=O) groups excluding carboxylic acids is 1. The Morgan fingerprint density at radius 1 is 1.37 bits per heavy atom.